The molecule has 0 bridgehead atoms. The summed E-state index contributed by atoms with van der Waals surface area (Å²) in [5.41, 5.74) is 1.33. The lowest BCUT2D eigenvalue weighted by Gasteiger charge is -2.15. The normalized spacial score (nSPS) is 13.6. The minimum Gasteiger partial charge on any atom is -0.618 e. The Balaban J connectivity index is 1.64. The summed E-state index contributed by atoms with van der Waals surface area (Å²) in [6, 6.07) is 14.3. The summed E-state index contributed by atoms with van der Waals surface area (Å²) < 4.78 is 1.49. The minimum absolute atomic E-state index is 0.158. The van der Waals surface area contributed by atoms with Crippen molar-refractivity contribution in [2.75, 3.05) is 6.54 Å². The summed E-state index contributed by atoms with van der Waals surface area (Å²) >= 11 is 3.49. The molecule has 1 aliphatic heterocycles. The Morgan fingerprint density at radius 2 is 1.56 bits per heavy atom. The molecule has 6 heteroatoms. The van der Waals surface area contributed by atoms with E-state index in [0.29, 0.717) is 21.3 Å². The van der Waals surface area contributed by atoms with Gasteiger partial charge in [-0.2, -0.15) is 4.73 Å². The van der Waals surface area contributed by atoms with Crippen molar-refractivity contribution in [3.8, 4) is 0 Å². The Hall–Kier alpha value is -2.73. The molecule has 5 nitrogen and oxygen atoms in total. The number of carbonyl (C=O) groups is 2. The van der Waals surface area contributed by atoms with Crippen molar-refractivity contribution < 1.29 is 14.3 Å². The van der Waals surface area contributed by atoms with E-state index < -0.39 is 0 Å². The highest BCUT2D eigenvalue weighted by molar-refractivity contribution is 9.10. The highest BCUT2D eigenvalue weighted by Gasteiger charge is 2.35. The van der Waals surface area contributed by atoms with Crippen LogP contribution in [0.2, 0.25) is 0 Å². The Kier molecular flexibility index (Phi) is 3.77. The second-order valence-electron chi connectivity index (χ2n) is 5.86. The van der Waals surface area contributed by atoms with Crippen LogP contribution in [0.15, 0.2) is 59.2 Å². The molecule has 0 fully saturated rings. The first-order valence-corrected chi connectivity index (χ1v) is 8.61. The molecule has 0 atom stereocenters. The molecule has 0 saturated carbocycles. The summed E-state index contributed by atoms with van der Waals surface area (Å²) in [5, 5.41) is 14.1. The van der Waals surface area contributed by atoms with Crippen LogP contribution < -0.4 is 4.73 Å². The highest BCUT2D eigenvalue weighted by atomic mass is 79.9. The van der Waals surface area contributed by atoms with Crippen molar-refractivity contribution in [3.05, 3.63) is 81.2 Å². The van der Waals surface area contributed by atoms with E-state index in [9.17, 15) is 14.8 Å². The number of rotatable bonds is 3. The van der Waals surface area contributed by atoms with Crippen molar-refractivity contribution in [2.45, 2.75) is 6.42 Å². The second-order valence-corrected chi connectivity index (χ2v) is 6.65. The van der Waals surface area contributed by atoms with Crippen LogP contribution >= 0.6 is 15.9 Å². The molecule has 0 N–H and O–H groups in total. The number of aromatic nitrogens is 1. The molecular formula is C19H13BrN2O3. The molecule has 2 amide bonds. The molecule has 4 rings (SSSR count). The average molecular weight is 397 g/mol. The van der Waals surface area contributed by atoms with Crippen LogP contribution in [0.25, 0.3) is 10.8 Å². The number of nitrogens with zero attached hydrogens (tertiary/aromatic N) is 2. The van der Waals surface area contributed by atoms with Crippen molar-refractivity contribution in [1.82, 2.24) is 4.90 Å². The van der Waals surface area contributed by atoms with Gasteiger partial charge in [0.15, 0.2) is 6.20 Å². The Morgan fingerprint density at radius 3 is 2.24 bits per heavy atom. The molecule has 2 aromatic carbocycles. The predicted molar refractivity (Wildman–Crippen MR) is 96.1 cm³/mol. The maximum absolute atomic E-state index is 12.4. The lowest BCUT2D eigenvalue weighted by molar-refractivity contribution is -0.613. The largest absolute Gasteiger partial charge is 0.618 e. The van der Waals surface area contributed by atoms with E-state index in [0.717, 1.165) is 15.5 Å². The number of imide groups is 1. The first kappa shape index (κ1) is 15.8. The number of amides is 2. The summed E-state index contributed by atoms with van der Waals surface area (Å²) in [4.78, 5) is 26.0. The van der Waals surface area contributed by atoms with Crippen LogP contribution in [0.1, 0.15) is 26.4 Å². The molecule has 0 aliphatic carbocycles. The van der Waals surface area contributed by atoms with Crippen LogP contribution in [0, 0.1) is 5.21 Å². The fourth-order valence-electron chi connectivity index (χ4n) is 3.15. The van der Waals surface area contributed by atoms with Crippen molar-refractivity contribution >= 4 is 38.5 Å². The lowest BCUT2D eigenvalue weighted by atomic mass is 10.1. The van der Waals surface area contributed by atoms with E-state index in [4.69, 9.17) is 0 Å². The topological polar surface area (TPSA) is 64.3 Å². The van der Waals surface area contributed by atoms with Gasteiger partial charge in [0.1, 0.15) is 0 Å². The van der Waals surface area contributed by atoms with Gasteiger partial charge in [-0.1, -0.05) is 30.3 Å². The number of fused-ring (bicyclic) bond motifs is 2. The van der Waals surface area contributed by atoms with Gasteiger partial charge < -0.3 is 5.21 Å². The molecule has 3 aromatic rings. The molecule has 0 unspecified atom stereocenters. The van der Waals surface area contributed by atoms with Crippen molar-refractivity contribution in [1.29, 1.82) is 0 Å². The quantitative estimate of drug-likeness (QED) is 0.388. The number of pyridine rings is 1. The highest BCUT2D eigenvalue weighted by Crippen LogP contribution is 2.27. The fourth-order valence-corrected chi connectivity index (χ4v) is 3.88. The van der Waals surface area contributed by atoms with Gasteiger partial charge in [-0.3, -0.25) is 14.5 Å². The summed E-state index contributed by atoms with van der Waals surface area (Å²) in [7, 11) is 0. The molecule has 124 valence electrons. The van der Waals surface area contributed by atoms with Crippen LogP contribution in [0.4, 0.5) is 0 Å². The third-order valence-corrected chi connectivity index (χ3v) is 5.31. The van der Waals surface area contributed by atoms with E-state index in [1.54, 1.807) is 24.3 Å². The Bertz CT molecular complexity index is 997. The zero-order chi connectivity index (χ0) is 17.6. The molecule has 2 heterocycles. The number of hydrogen-bond acceptors (Lipinski definition) is 3. The lowest BCUT2D eigenvalue weighted by Crippen LogP contribution is -2.37. The SMILES string of the molecule is O=C1c2ccccc2C(=O)N1CCc1c(Br)c2ccccc2c[n+]1[O-]. The zero-order valence-corrected chi connectivity index (χ0v) is 14.7. The van der Waals surface area contributed by atoms with Crippen LogP contribution in [0.3, 0.4) is 0 Å². The summed E-state index contributed by atoms with van der Waals surface area (Å²) in [6.45, 7) is 0.158. The summed E-state index contributed by atoms with van der Waals surface area (Å²) in [5.74, 6) is -0.620. The van der Waals surface area contributed by atoms with E-state index in [-0.39, 0.29) is 24.8 Å². The number of hydrogen-bond donors (Lipinski definition) is 0. The monoisotopic (exact) mass is 396 g/mol. The Morgan fingerprint density at radius 1 is 0.960 bits per heavy atom. The van der Waals surface area contributed by atoms with E-state index in [2.05, 4.69) is 15.9 Å². The minimum atomic E-state index is -0.310. The predicted octanol–water partition coefficient (Wildman–Crippen LogP) is 3.07. The van der Waals surface area contributed by atoms with E-state index >= 15 is 0 Å². The van der Waals surface area contributed by atoms with Crippen LogP contribution in [-0.4, -0.2) is 23.3 Å². The van der Waals surface area contributed by atoms with E-state index in [1.807, 2.05) is 24.3 Å². The van der Waals surface area contributed by atoms with Gasteiger partial charge in [-0.25, -0.2) is 0 Å². The Labute approximate surface area is 152 Å². The van der Waals surface area contributed by atoms with Crippen molar-refractivity contribution in [2.24, 2.45) is 0 Å². The van der Waals surface area contributed by atoms with Gasteiger partial charge in [0, 0.05) is 17.3 Å². The fraction of sp³-hybridized carbons (Fsp3) is 0.105. The molecule has 0 saturated heterocycles. The second kappa shape index (κ2) is 5.97. The molecule has 0 radical (unpaired) electrons. The molecule has 25 heavy (non-hydrogen) atoms. The smallest absolute Gasteiger partial charge is 0.261 e. The molecule has 1 aliphatic rings. The van der Waals surface area contributed by atoms with Crippen LogP contribution in [-0.2, 0) is 6.42 Å². The number of benzene rings is 2. The standard InChI is InChI=1S/C19H13BrN2O3/c20-17-13-6-2-1-5-12(13)11-22(25)16(17)9-10-21-18(23)14-7-3-4-8-15(14)19(21)24/h1-8,11H,9-10H2. The van der Waals surface area contributed by atoms with Crippen molar-refractivity contribution in [3.63, 3.8) is 0 Å². The van der Waals surface area contributed by atoms with Gasteiger partial charge in [0.2, 0.25) is 5.69 Å². The van der Waals surface area contributed by atoms with Crippen LogP contribution in [0.5, 0.6) is 0 Å². The van der Waals surface area contributed by atoms with Gasteiger partial charge in [-0.05, 0) is 34.1 Å². The number of carbonyl (C=O) groups excluding carboxylic acids is 2. The third kappa shape index (κ3) is 2.49. The first-order chi connectivity index (χ1) is 12.1. The molecular weight excluding hydrogens is 384 g/mol. The molecule has 1 aromatic heterocycles. The maximum Gasteiger partial charge on any atom is 0.261 e. The average Bonchev–Trinajstić information content (AvgIpc) is 2.86. The van der Waals surface area contributed by atoms with E-state index in [1.165, 1.54) is 11.1 Å². The van der Waals surface area contributed by atoms with Gasteiger partial charge in [0.05, 0.1) is 22.0 Å². The third-order valence-electron chi connectivity index (χ3n) is 4.42. The van der Waals surface area contributed by atoms with Gasteiger partial charge in [0.25, 0.3) is 11.8 Å². The van der Waals surface area contributed by atoms with Gasteiger partial charge >= 0.3 is 0 Å². The summed E-state index contributed by atoms with van der Waals surface area (Å²) in [6.07, 6.45) is 1.79. The maximum atomic E-state index is 12.4. The first-order valence-electron chi connectivity index (χ1n) is 7.82. The zero-order valence-electron chi connectivity index (χ0n) is 13.1. The number of halogens is 1. The van der Waals surface area contributed by atoms with Gasteiger partial charge in [-0.15, -0.1) is 0 Å². The molecule has 0 spiro atoms.